The average Bonchev–Trinajstić information content (AvgIpc) is 2.49. The third kappa shape index (κ3) is 2.05. The number of alkyl halides is 1. The summed E-state index contributed by atoms with van der Waals surface area (Å²) in [5.41, 5.74) is 2.31. The Balaban J connectivity index is 1.98. The first-order valence-corrected chi connectivity index (χ1v) is 9.03. The summed E-state index contributed by atoms with van der Waals surface area (Å²) in [6.07, 6.45) is 10.5. The molecule has 0 aliphatic heterocycles. The third-order valence-electron chi connectivity index (χ3n) is 5.33. The van der Waals surface area contributed by atoms with E-state index in [1.54, 1.807) is 9.15 Å². The minimum atomic E-state index is 0.519. The predicted octanol–water partition coefficient (Wildman–Crippen LogP) is 5.51. The van der Waals surface area contributed by atoms with Crippen LogP contribution in [0.25, 0.3) is 0 Å². The number of hydrogen-bond acceptors (Lipinski definition) is 0. The fraction of sp³-hybridized carbons (Fsp3) is 0.733. The zero-order valence-electron chi connectivity index (χ0n) is 10.5. The van der Waals surface area contributed by atoms with Gasteiger partial charge in [-0.1, -0.05) is 54.2 Å². The van der Waals surface area contributed by atoms with Gasteiger partial charge in [0.25, 0.3) is 0 Å². The monoisotopic (exact) mass is 454 g/mol. The first-order chi connectivity index (χ1) is 8.00. The molecule has 0 saturated heterocycles. The molecule has 2 fully saturated rings. The van der Waals surface area contributed by atoms with Gasteiger partial charge in [-0.25, -0.2) is 0 Å². The smallest absolute Gasteiger partial charge is 0.0113 e. The molecule has 0 spiro atoms. The fourth-order valence-electron chi connectivity index (χ4n) is 4.36. The van der Waals surface area contributed by atoms with Gasteiger partial charge in [0.2, 0.25) is 0 Å². The van der Waals surface area contributed by atoms with E-state index in [1.807, 2.05) is 0 Å². The van der Waals surface area contributed by atoms with Crippen molar-refractivity contribution >= 4 is 45.2 Å². The van der Waals surface area contributed by atoms with Crippen molar-refractivity contribution in [1.82, 2.24) is 0 Å². The molecule has 2 heteroatoms. The van der Waals surface area contributed by atoms with Gasteiger partial charge >= 0.3 is 0 Å². The molecule has 0 N–H and O–H groups in total. The second kappa shape index (κ2) is 4.50. The van der Waals surface area contributed by atoms with Crippen LogP contribution in [0.15, 0.2) is 21.3 Å². The molecule has 0 amide bonds. The minimum absolute atomic E-state index is 0.519. The SMILES string of the molecule is CC1(C)C2CC(I)=CC=C2C2CCC(I)CC21. The highest BCUT2D eigenvalue weighted by atomic mass is 127. The molecule has 0 radical (unpaired) electrons. The molecule has 0 aromatic heterocycles. The van der Waals surface area contributed by atoms with Crippen LogP contribution in [0.5, 0.6) is 0 Å². The molecule has 3 aliphatic rings. The zero-order chi connectivity index (χ0) is 12.2. The van der Waals surface area contributed by atoms with Crippen LogP contribution in [0.1, 0.15) is 39.5 Å². The van der Waals surface area contributed by atoms with E-state index in [1.165, 1.54) is 25.7 Å². The van der Waals surface area contributed by atoms with E-state index >= 15 is 0 Å². The van der Waals surface area contributed by atoms with Crippen molar-refractivity contribution in [3.63, 3.8) is 0 Å². The quantitative estimate of drug-likeness (QED) is 0.335. The van der Waals surface area contributed by atoms with E-state index in [2.05, 4.69) is 71.2 Å². The minimum Gasteiger partial charge on any atom is -0.0826 e. The maximum atomic E-state index is 2.67. The van der Waals surface area contributed by atoms with E-state index in [4.69, 9.17) is 0 Å². The van der Waals surface area contributed by atoms with Crippen molar-refractivity contribution in [1.29, 1.82) is 0 Å². The third-order valence-corrected chi connectivity index (χ3v) is 7.26. The lowest BCUT2D eigenvalue weighted by Crippen LogP contribution is -2.31. The normalized spacial score (nSPS) is 43.5. The van der Waals surface area contributed by atoms with Crippen molar-refractivity contribution in [2.45, 2.75) is 43.5 Å². The summed E-state index contributed by atoms with van der Waals surface area (Å²) in [5.74, 6) is 2.67. The molecular formula is C15H20I2. The summed E-state index contributed by atoms with van der Waals surface area (Å²) < 4.78 is 2.47. The molecule has 0 heterocycles. The van der Waals surface area contributed by atoms with E-state index in [0.29, 0.717) is 5.41 Å². The molecule has 0 aromatic carbocycles. The lowest BCUT2D eigenvalue weighted by molar-refractivity contribution is 0.140. The zero-order valence-corrected chi connectivity index (χ0v) is 14.9. The summed E-state index contributed by atoms with van der Waals surface area (Å²) >= 11 is 5.20. The first kappa shape index (κ1) is 12.9. The van der Waals surface area contributed by atoms with Crippen LogP contribution in [0, 0.1) is 23.2 Å². The Hall–Kier alpha value is 0.940. The first-order valence-electron chi connectivity index (χ1n) is 6.70. The highest BCUT2D eigenvalue weighted by Gasteiger charge is 2.53. The molecule has 3 rings (SSSR count). The van der Waals surface area contributed by atoms with E-state index in [-0.39, 0.29) is 0 Å². The van der Waals surface area contributed by atoms with Crippen molar-refractivity contribution in [3.05, 3.63) is 21.3 Å². The van der Waals surface area contributed by atoms with Crippen LogP contribution in [0.4, 0.5) is 0 Å². The molecule has 4 unspecified atom stereocenters. The number of fused-ring (bicyclic) bond motifs is 3. The molecular weight excluding hydrogens is 434 g/mol. The largest absolute Gasteiger partial charge is 0.0826 e. The summed E-state index contributed by atoms with van der Waals surface area (Å²) in [5, 5.41) is 0. The molecule has 2 saturated carbocycles. The van der Waals surface area contributed by atoms with Crippen molar-refractivity contribution in [2.24, 2.45) is 23.2 Å². The lowest BCUT2D eigenvalue weighted by Gasteiger charge is -2.38. The van der Waals surface area contributed by atoms with Gasteiger partial charge in [-0.2, -0.15) is 0 Å². The van der Waals surface area contributed by atoms with Gasteiger partial charge in [0, 0.05) is 3.92 Å². The summed E-state index contributed by atoms with van der Waals surface area (Å²) in [6, 6.07) is 0. The van der Waals surface area contributed by atoms with Gasteiger partial charge in [0.15, 0.2) is 0 Å². The highest BCUT2D eigenvalue weighted by molar-refractivity contribution is 14.1. The van der Waals surface area contributed by atoms with Crippen molar-refractivity contribution in [3.8, 4) is 0 Å². The molecule has 0 nitrogen and oxygen atoms in total. The van der Waals surface area contributed by atoms with Crippen LogP contribution < -0.4 is 0 Å². The molecule has 0 aromatic rings. The highest BCUT2D eigenvalue weighted by Crippen LogP contribution is 2.62. The Bertz CT molecular complexity index is 392. The van der Waals surface area contributed by atoms with Gasteiger partial charge in [-0.3, -0.25) is 0 Å². The molecule has 4 atom stereocenters. The van der Waals surface area contributed by atoms with Crippen LogP contribution in [0.3, 0.4) is 0 Å². The summed E-state index contributed by atoms with van der Waals surface area (Å²) in [6.45, 7) is 5.06. The number of allylic oxidation sites excluding steroid dienone is 4. The fourth-order valence-corrected chi connectivity index (χ4v) is 5.88. The Morgan fingerprint density at radius 1 is 1.24 bits per heavy atom. The van der Waals surface area contributed by atoms with Gasteiger partial charge in [-0.15, -0.1) is 0 Å². The lowest BCUT2D eigenvalue weighted by atomic mass is 9.69. The standard InChI is InChI=1S/C15H20I2/c1-15(2)13-7-9(16)3-5-11(13)12-6-4-10(17)8-14(12)15/h3,5,10,12-14H,4,6-8H2,1-2H3. The number of rotatable bonds is 0. The maximum Gasteiger partial charge on any atom is 0.0113 e. The topological polar surface area (TPSA) is 0 Å². The van der Waals surface area contributed by atoms with E-state index < -0.39 is 0 Å². The second-order valence-corrected chi connectivity index (χ2v) is 9.63. The maximum absolute atomic E-state index is 2.67. The molecule has 0 bridgehead atoms. The molecule has 94 valence electrons. The molecule has 3 aliphatic carbocycles. The Labute approximate surface area is 132 Å². The van der Waals surface area contributed by atoms with Crippen LogP contribution >= 0.6 is 45.2 Å². The van der Waals surface area contributed by atoms with Crippen LogP contribution in [-0.2, 0) is 0 Å². The van der Waals surface area contributed by atoms with Crippen molar-refractivity contribution in [2.75, 3.05) is 0 Å². The number of halogens is 2. The summed E-state index contributed by atoms with van der Waals surface area (Å²) in [7, 11) is 0. The Kier molecular flexibility index (Phi) is 3.42. The van der Waals surface area contributed by atoms with Gasteiger partial charge in [0.1, 0.15) is 0 Å². The van der Waals surface area contributed by atoms with Crippen LogP contribution in [-0.4, -0.2) is 3.92 Å². The predicted molar refractivity (Wildman–Crippen MR) is 90.7 cm³/mol. The van der Waals surface area contributed by atoms with Gasteiger partial charge in [0.05, 0.1) is 0 Å². The van der Waals surface area contributed by atoms with Crippen molar-refractivity contribution < 1.29 is 0 Å². The second-order valence-electron chi connectivity index (χ2n) is 6.48. The average molecular weight is 454 g/mol. The van der Waals surface area contributed by atoms with E-state index in [9.17, 15) is 0 Å². The van der Waals surface area contributed by atoms with E-state index in [0.717, 1.165) is 21.7 Å². The van der Waals surface area contributed by atoms with Gasteiger partial charge in [-0.05, 0) is 75.0 Å². The molecule has 17 heavy (non-hydrogen) atoms. The Morgan fingerprint density at radius 3 is 2.76 bits per heavy atom. The Morgan fingerprint density at radius 2 is 2.00 bits per heavy atom. The van der Waals surface area contributed by atoms with Crippen LogP contribution in [0.2, 0.25) is 0 Å². The summed E-state index contributed by atoms with van der Waals surface area (Å²) in [4.78, 5) is 0. The number of hydrogen-bond donors (Lipinski definition) is 0. The van der Waals surface area contributed by atoms with Gasteiger partial charge < -0.3 is 0 Å².